The first-order valence-electron chi connectivity index (χ1n) is 8.16. The van der Waals surface area contributed by atoms with Gasteiger partial charge in [-0.3, -0.25) is 9.59 Å². The molecule has 3 rings (SSSR count). The highest BCUT2D eigenvalue weighted by Crippen LogP contribution is 2.20. The van der Waals surface area contributed by atoms with Crippen LogP contribution in [0.1, 0.15) is 25.5 Å². The number of hydrogen-bond donors (Lipinski definition) is 1. The molecular formula is C17H22N4O3. The molecule has 3 heterocycles. The maximum Gasteiger partial charge on any atom is 0.290 e. The largest absolute Gasteiger partial charge is 0.460 e. The van der Waals surface area contributed by atoms with Gasteiger partial charge in [0.25, 0.3) is 5.56 Å². The second-order valence-electron chi connectivity index (χ2n) is 6.45. The van der Waals surface area contributed by atoms with Gasteiger partial charge in [-0.25, -0.2) is 4.68 Å². The van der Waals surface area contributed by atoms with E-state index in [2.05, 4.69) is 12.0 Å². The van der Waals surface area contributed by atoms with Crippen molar-refractivity contribution in [3.63, 3.8) is 0 Å². The molecule has 1 unspecified atom stereocenters. The molecule has 7 nitrogen and oxygen atoms in total. The molecule has 2 N–H and O–H groups in total. The zero-order valence-electron chi connectivity index (χ0n) is 14.0. The highest BCUT2D eigenvalue weighted by Gasteiger charge is 2.22. The van der Waals surface area contributed by atoms with E-state index in [1.165, 1.54) is 6.07 Å². The summed E-state index contributed by atoms with van der Waals surface area (Å²) in [4.78, 5) is 26.5. The standard InChI is InChI=1S/C17H22N4O3/c1-11-4-3-7-20(9-11)16(22)10-21-17(23)13(18)8-14(19-21)15-6-5-12(2)24-15/h5-6,8,11H,3-4,7,9-10,18H2,1-2H3. The van der Waals surface area contributed by atoms with Crippen molar-refractivity contribution < 1.29 is 9.21 Å². The first-order chi connectivity index (χ1) is 11.4. The number of amides is 1. The fraction of sp³-hybridized carbons (Fsp3) is 0.471. The number of aryl methyl sites for hydroxylation is 1. The Morgan fingerprint density at radius 1 is 1.46 bits per heavy atom. The normalized spacial score (nSPS) is 17.9. The molecule has 1 aliphatic heterocycles. The second-order valence-corrected chi connectivity index (χ2v) is 6.45. The summed E-state index contributed by atoms with van der Waals surface area (Å²) in [5.74, 6) is 1.63. The number of likely N-dealkylation sites (tertiary alicyclic amines) is 1. The van der Waals surface area contributed by atoms with E-state index in [1.54, 1.807) is 11.0 Å². The van der Waals surface area contributed by atoms with E-state index in [9.17, 15) is 9.59 Å². The zero-order chi connectivity index (χ0) is 17.3. The third-order valence-corrected chi connectivity index (χ3v) is 4.29. The van der Waals surface area contributed by atoms with Crippen molar-refractivity contribution in [3.05, 3.63) is 34.3 Å². The summed E-state index contributed by atoms with van der Waals surface area (Å²) >= 11 is 0. The van der Waals surface area contributed by atoms with Crippen LogP contribution in [0.3, 0.4) is 0 Å². The maximum atomic E-state index is 12.5. The van der Waals surface area contributed by atoms with Gasteiger partial charge >= 0.3 is 0 Å². The molecule has 7 heteroatoms. The van der Waals surface area contributed by atoms with Gasteiger partial charge in [-0.2, -0.15) is 5.10 Å². The van der Waals surface area contributed by atoms with Crippen LogP contribution >= 0.6 is 0 Å². The van der Waals surface area contributed by atoms with Gasteiger partial charge in [0.1, 0.15) is 23.7 Å². The van der Waals surface area contributed by atoms with Crippen molar-refractivity contribution >= 4 is 11.6 Å². The molecule has 1 saturated heterocycles. The van der Waals surface area contributed by atoms with Gasteiger partial charge in [0, 0.05) is 13.1 Å². The predicted molar refractivity (Wildman–Crippen MR) is 90.3 cm³/mol. The molecule has 2 aromatic heterocycles. The summed E-state index contributed by atoms with van der Waals surface area (Å²) in [7, 11) is 0. The van der Waals surface area contributed by atoms with Gasteiger partial charge in [0.05, 0.1) is 0 Å². The Bertz CT molecular complexity index is 808. The highest BCUT2D eigenvalue weighted by atomic mass is 16.3. The number of rotatable bonds is 3. The average molecular weight is 330 g/mol. The van der Waals surface area contributed by atoms with Gasteiger partial charge < -0.3 is 15.1 Å². The van der Waals surface area contributed by atoms with Gasteiger partial charge in [0.2, 0.25) is 5.91 Å². The van der Waals surface area contributed by atoms with Crippen molar-refractivity contribution in [1.29, 1.82) is 0 Å². The van der Waals surface area contributed by atoms with Crippen molar-refractivity contribution in [3.8, 4) is 11.5 Å². The first kappa shape index (κ1) is 16.3. The monoisotopic (exact) mass is 330 g/mol. The topological polar surface area (TPSA) is 94.4 Å². The molecule has 24 heavy (non-hydrogen) atoms. The number of anilines is 1. The number of nitrogen functional groups attached to an aromatic ring is 1. The van der Waals surface area contributed by atoms with E-state index in [-0.39, 0.29) is 18.1 Å². The van der Waals surface area contributed by atoms with Crippen LogP contribution in [0.15, 0.2) is 27.4 Å². The van der Waals surface area contributed by atoms with Crippen molar-refractivity contribution in [1.82, 2.24) is 14.7 Å². The SMILES string of the molecule is Cc1ccc(-c2cc(N)c(=O)n(CC(=O)N3CCCC(C)C3)n2)o1. The predicted octanol–water partition coefficient (Wildman–Crippen LogP) is 1.65. The Morgan fingerprint density at radius 3 is 2.92 bits per heavy atom. The minimum Gasteiger partial charge on any atom is -0.460 e. The lowest BCUT2D eigenvalue weighted by Crippen LogP contribution is -2.42. The minimum absolute atomic E-state index is 0.0499. The van der Waals surface area contributed by atoms with Gasteiger partial charge in [0.15, 0.2) is 5.76 Å². The van der Waals surface area contributed by atoms with Gasteiger partial charge in [-0.15, -0.1) is 0 Å². The van der Waals surface area contributed by atoms with Crippen LogP contribution in [0.4, 0.5) is 5.69 Å². The number of carbonyl (C=O) groups excluding carboxylic acids is 1. The molecule has 0 aromatic carbocycles. The van der Waals surface area contributed by atoms with E-state index < -0.39 is 5.56 Å². The van der Waals surface area contributed by atoms with Crippen LogP contribution in [-0.4, -0.2) is 33.7 Å². The fourth-order valence-electron chi connectivity index (χ4n) is 3.01. The molecule has 1 aliphatic rings. The van der Waals surface area contributed by atoms with Crippen molar-refractivity contribution in [2.24, 2.45) is 5.92 Å². The van der Waals surface area contributed by atoms with Crippen LogP contribution in [-0.2, 0) is 11.3 Å². The molecule has 2 aromatic rings. The van der Waals surface area contributed by atoms with Crippen molar-refractivity contribution in [2.75, 3.05) is 18.8 Å². The van der Waals surface area contributed by atoms with Crippen molar-refractivity contribution in [2.45, 2.75) is 33.2 Å². The third-order valence-electron chi connectivity index (χ3n) is 4.29. The maximum absolute atomic E-state index is 12.5. The molecule has 1 amide bonds. The second kappa shape index (κ2) is 6.51. The van der Waals surface area contributed by atoms with Crippen LogP contribution < -0.4 is 11.3 Å². The summed E-state index contributed by atoms with van der Waals surface area (Å²) in [6, 6.07) is 5.05. The number of nitrogens with two attached hydrogens (primary N) is 1. The lowest BCUT2D eigenvalue weighted by Gasteiger charge is -2.31. The molecule has 128 valence electrons. The molecule has 0 radical (unpaired) electrons. The quantitative estimate of drug-likeness (QED) is 0.923. The number of hydrogen-bond acceptors (Lipinski definition) is 5. The molecule has 0 saturated carbocycles. The van der Waals surface area contributed by atoms with Gasteiger partial charge in [-0.05, 0) is 43.9 Å². The molecule has 1 atom stereocenters. The van der Waals surface area contributed by atoms with Crippen LogP contribution in [0.25, 0.3) is 11.5 Å². The van der Waals surface area contributed by atoms with Crippen LogP contribution in [0.5, 0.6) is 0 Å². The Kier molecular flexibility index (Phi) is 4.42. The summed E-state index contributed by atoms with van der Waals surface area (Å²) in [5, 5.41) is 4.25. The fourth-order valence-corrected chi connectivity index (χ4v) is 3.01. The number of carbonyl (C=O) groups is 1. The summed E-state index contributed by atoms with van der Waals surface area (Å²) in [6.07, 6.45) is 2.12. The molecule has 1 fully saturated rings. The minimum atomic E-state index is -0.458. The molecule has 0 spiro atoms. The Balaban J connectivity index is 1.86. The number of aromatic nitrogens is 2. The van der Waals surface area contributed by atoms with E-state index >= 15 is 0 Å². The van der Waals surface area contributed by atoms with E-state index in [0.29, 0.717) is 17.4 Å². The average Bonchev–Trinajstić information content (AvgIpc) is 2.98. The summed E-state index contributed by atoms with van der Waals surface area (Å²) in [5.41, 5.74) is 5.84. The molecule has 0 aliphatic carbocycles. The number of piperidine rings is 1. The first-order valence-corrected chi connectivity index (χ1v) is 8.16. The van der Waals surface area contributed by atoms with Crippen LogP contribution in [0, 0.1) is 12.8 Å². The molecular weight excluding hydrogens is 308 g/mol. The smallest absolute Gasteiger partial charge is 0.290 e. The number of furan rings is 1. The summed E-state index contributed by atoms with van der Waals surface area (Å²) < 4.78 is 6.66. The Labute approximate surface area is 140 Å². The Morgan fingerprint density at radius 2 is 2.25 bits per heavy atom. The van der Waals surface area contributed by atoms with E-state index in [4.69, 9.17) is 10.2 Å². The lowest BCUT2D eigenvalue weighted by molar-refractivity contribution is -0.133. The number of nitrogens with zero attached hydrogens (tertiary/aromatic N) is 3. The van der Waals surface area contributed by atoms with Gasteiger partial charge in [-0.1, -0.05) is 6.92 Å². The molecule has 0 bridgehead atoms. The summed E-state index contributed by atoms with van der Waals surface area (Å²) in [6.45, 7) is 5.29. The van der Waals surface area contributed by atoms with Crippen LogP contribution in [0.2, 0.25) is 0 Å². The third kappa shape index (κ3) is 3.34. The lowest BCUT2D eigenvalue weighted by atomic mass is 10.0. The zero-order valence-corrected chi connectivity index (χ0v) is 14.0. The van der Waals surface area contributed by atoms with E-state index in [1.807, 2.05) is 13.0 Å². The highest BCUT2D eigenvalue weighted by molar-refractivity contribution is 5.76. The van der Waals surface area contributed by atoms with E-state index in [0.717, 1.165) is 36.4 Å². The Hall–Kier alpha value is -2.57.